The number of nitrogens with zero attached hydrogens (tertiary/aromatic N) is 2. The number of hydrogen-bond acceptors (Lipinski definition) is 2. The molecule has 0 bridgehead atoms. The molecular formula is C12H14BrN3. The molecule has 1 aliphatic rings. The number of rotatable bonds is 1. The van der Waals surface area contributed by atoms with E-state index in [-0.39, 0.29) is 0 Å². The number of halogens is 1. The zero-order valence-electron chi connectivity index (χ0n) is 8.99. The van der Waals surface area contributed by atoms with E-state index in [4.69, 9.17) is 0 Å². The van der Waals surface area contributed by atoms with E-state index in [1.807, 2.05) is 12.4 Å². The minimum atomic E-state index is 0.539. The van der Waals surface area contributed by atoms with Crippen molar-refractivity contribution in [2.45, 2.75) is 18.9 Å². The van der Waals surface area contributed by atoms with Gasteiger partial charge >= 0.3 is 0 Å². The quantitative estimate of drug-likeness (QED) is 0.870. The van der Waals surface area contributed by atoms with Gasteiger partial charge in [0.2, 0.25) is 0 Å². The van der Waals surface area contributed by atoms with E-state index in [2.05, 4.69) is 42.9 Å². The van der Waals surface area contributed by atoms with Gasteiger partial charge in [0, 0.05) is 17.1 Å². The number of piperidine rings is 1. The van der Waals surface area contributed by atoms with Gasteiger partial charge in [-0.3, -0.25) is 0 Å². The molecular weight excluding hydrogens is 266 g/mol. The van der Waals surface area contributed by atoms with Crippen molar-refractivity contribution in [3.63, 3.8) is 0 Å². The molecule has 2 aromatic rings. The number of aromatic nitrogens is 2. The number of para-hydroxylation sites is 1. The highest BCUT2D eigenvalue weighted by molar-refractivity contribution is 9.10. The third kappa shape index (κ3) is 1.66. The van der Waals surface area contributed by atoms with Crippen LogP contribution in [-0.2, 0) is 0 Å². The normalized spacial score (nSPS) is 21.4. The second-order valence-electron chi connectivity index (χ2n) is 4.26. The Bertz CT molecular complexity index is 500. The molecule has 1 N–H and O–H groups in total. The van der Waals surface area contributed by atoms with Crippen molar-refractivity contribution >= 4 is 27.0 Å². The van der Waals surface area contributed by atoms with Crippen LogP contribution in [0.3, 0.4) is 0 Å². The molecule has 0 radical (unpaired) electrons. The standard InChI is InChI=1S/C12H14BrN3/c13-10-4-1-5-11-12(10)16(8-15-11)9-3-2-6-14-7-9/h1,4-5,8-9,14H,2-3,6-7H2. The summed E-state index contributed by atoms with van der Waals surface area (Å²) in [4.78, 5) is 4.46. The molecule has 0 saturated carbocycles. The Hall–Kier alpha value is -0.870. The van der Waals surface area contributed by atoms with Gasteiger partial charge in [0.15, 0.2) is 0 Å². The Kier molecular flexibility index (Phi) is 2.69. The lowest BCUT2D eigenvalue weighted by atomic mass is 10.1. The van der Waals surface area contributed by atoms with Crippen LogP contribution in [0.15, 0.2) is 29.0 Å². The first kappa shape index (κ1) is 10.3. The van der Waals surface area contributed by atoms with Crippen LogP contribution in [0, 0.1) is 0 Å². The van der Waals surface area contributed by atoms with Crippen molar-refractivity contribution in [2.75, 3.05) is 13.1 Å². The van der Waals surface area contributed by atoms with Gasteiger partial charge in [-0.15, -0.1) is 0 Å². The lowest BCUT2D eigenvalue weighted by molar-refractivity contribution is 0.377. The summed E-state index contributed by atoms with van der Waals surface area (Å²) in [6.07, 6.45) is 4.45. The maximum atomic E-state index is 4.46. The fraction of sp³-hybridized carbons (Fsp3) is 0.417. The second-order valence-corrected chi connectivity index (χ2v) is 5.11. The van der Waals surface area contributed by atoms with Crippen LogP contribution < -0.4 is 5.32 Å². The summed E-state index contributed by atoms with van der Waals surface area (Å²) in [5, 5.41) is 3.44. The lowest BCUT2D eigenvalue weighted by Crippen LogP contribution is -2.31. The molecule has 1 unspecified atom stereocenters. The van der Waals surface area contributed by atoms with Crippen molar-refractivity contribution in [3.05, 3.63) is 29.0 Å². The van der Waals surface area contributed by atoms with E-state index in [0.29, 0.717) is 6.04 Å². The zero-order valence-corrected chi connectivity index (χ0v) is 10.6. The molecule has 0 spiro atoms. The predicted molar refractivity (Wildman–Crippen MR) is 68.6 cm³/mol. The van der Waals surface area contributed by atoms with Crippen LogP contribution in [0.4, 0.5) is 0 Å². The molecule has 0 amide bonds. The summed E-state index contributed by atoms with van der Waals surface area (Å²) in [5.74, 6) is 0. The fourth-order valence-electron chi connectivity index (χ4n) is 2.39. The fourth-order valence-corrected chi connectivity index (χ4v) is 2.95. The third-order valence-corrected chi connectivity index (χ3v) is 3.85. The maximum Gasteiger partial charge on any atom is 0.0961 e. The summed E-state index contributed by atoms with van der Waals surface area (Å²) in [7, 11) is 0. The molecule has 1 aliphatic heterocycles. The lowest BCUT2D eigenvalue weighted by Gasteiger charge is -2.24. The molecule has 16 heavy (non-hydrogen) atoms. The van der Waals surface area contributed by atoms with Crippen molar-refractivity contribution in [1.82, 2.24) is 14.9 Å². The highest BCUT2D eigenvalue weighted by Gasteiger charge is 2.17. The van der Waals surface area contributed by atoms with Crippen molar-refractivity contribution < 1.29 is 0 Å². The van der Waals surface area contributed by atoms with Crippen LogP contribution in [0.2, 0.25) is 0 Å². The van der Waals surface area contributed by atoms with Gasteiger partial charge in [-0.2, -0.15) is 0 Å². The van der Waals surface area contributed by atoms with E-state index in [1.54, 1.807) is 0 Å². The van der Waals surface area contributed by atoms with Gasteiger partial charge in [-0.1, -0.05) is 6.07 Å². The molecule has 0 aliphatic carbocycles. The molecule has 1 aromatic carbocycles. The second kappa shape index (κ2) is 4.18. The summed E-state index contributed by atoms with van der Waals surface area (Å²) < 4.78 is 3.43. The molecule has 1 saturated heterocycles. The van der Waals surface area contributed by atoms with Gasteiger partial charge in [-0.25, -0.2) is 4.98 Å². The molecule has 1 fully saturated rings. The first-order chi connectivity index (χ1) is 7.86. The largest absolute Gasteiger partial charge is 0.325 e. The summed E-state index contributed by atoms with van der Waals surface area (Å²) in [6.45, 7) is 2.19. The maximum absolute atomic E-state index is 4.46. The van der Waals surface area contributed by atoms with Crippen LogP contribution in [0.1, 0.15) is 18.9 Å². The van der Waals surface area contributed by atoms with Gasteiger partial charge in [0.1, 0.15) is 0 Å². The monoisotopic (exact) mass is 279 g/mol. The Balaban J connectivity index is 2.09. The average molecular weight is 280 g/mol. The first-order valence-electron chi connectivity index (χ1n) is 5.68. The van der Waals surface area contributed by atoms with Crippen molar-refractivity contribution in [2.24, 2.45) is 0 Å². The predicted octanol–water partition coefficient (Wildman–Crippen LogP) is 2.72. The number of imidazole rings is 1. The third-order valence-electron chi connectivity index (χ3n) is 3.21. The molecule has 1 atom stereocenters. The Labute approximate surface area is 103 Å². The van der Waals surface area contributed by atoms with Gasteiger partial charge in [0.05, 0.1) is 17.4 Å². The minimum Gasteiger partial charge on any atom is -0.325 e. The smallest absolute Gasteiger partial charge is 0.0961 e. The molecule has 3 nitrogen and oxygen atoms in total. The SMILES string of the molecule is Brc1cccc2ncn(C3CCCNC3)c12. The summed E-state index contributed by atoms with van der Waals surface area (Å²) in [5.41, 5.74) is 2.29. The van der Waals surface area contributed by atoms with Crippen LogP contribution in [-0.4, -0.2) is 22.6 Å². The molecule has 3 rings (SSSR count). The minimum absolute atomic E-state index is 0.539. The molecule has 2 heterocycles. The first-order valence-corrected chi connectivity index (χ1v) is 6.47. The van der Waals surface area contributed by atoms with E-state index < -0.39 is 0 Å². The average Bonchev–Trinajstić information content (AvgIpc) is 2.75. The number of benzene rings is 1. The highest BCUT2D eigenvalue weighted by Crippen LogP contribution is 2.28. The Morgan fingerprint density at radius 2 is 2.38 bits per heavy atom. The Morgan fingerprint density at radius 3 is 3.19 bits per heavy atom. The van der Waals surface area contributed by atoms with Crippen LogP contribution in [0.5, 0.6) is 0 Å². The zero-order chi connectivity index (χ0) is 11.0. The van der Waals surface area contributed by atoms with Gasteiger partial charge in [-0.05, 0) is 47.4 Å². The summed E-state index contributed by atoms with van der Waals surface area (Å²) in [6, 6.07) is 6.71. The van der Waals surface area contributed by atoms with E-state index in [9.17, 15) is 0 Å². The number of fused-ring (bicyclic) bond motifs is 1. The highest BCUT2D eigenvalue weighted by atomic mass is 79.9. The molecule has 4 heteroatoms. The van der Waals surface area contributed by atoms with Crippen molar-refractivity contribution in [1.29, 1.82) is 0 Å². The topological polar surface area (TPSA) is 29.9 Å². The van der Waals surface area contributed by atoms with E-state index in [1.165, 1.54) is 18.4 Å². The number of nitrogens with one attached hydrogen (secondary N) is 1. The van der Waals surface area contributed by atoms with Gasteiger partial charge < -0.3 is 9.88 Å². The molecule has 84 valence electrons. The van der Waals surface area contributed by atoms with Crippen LogP contribution in [0.25, 0.3) is 11.0 Å². The van der Waals surface area contributed by atoms with Crippen molar-refractivity contribution in [3.8, 4) is 0 Å². The Morgan fingerprint density at radius 1 is 1.44 bits per heavy atom. The van der Waals surface area contributed by atoms with Gasteiger partial charge in [0.25, 0.3) is 0 Å². The van der Waals surface area contributed by atoms with E-state index >= 15 is 0 Å². The summed E-state index contributed by atoms with van der Waals surface area (Å²) >= 11 is 3.61. The van der Waals surface area contributed by atoms with Crippen LogP contribution >= 0.6 is 15.9 Å². The number of hydrogen-bond donors (Lipinski definition) is 1. The molecule has 1 aromatic heterocycles. The van der Waals surface area contributed by atoms with E-state index in [0.717, 1.165) is 23.1 Å².